The maximum atomic E-state index is 10.5. The van der Waals surface area contributed by atoms with Crippen LogP contribution in [0.2, 0.25) is 0 Å². The molecule has 0 heterocycles. The number of nitrogen functional groups attached to an aromatic ring is 1. The van der Waals surface area contributed by atoms with Crippen LogP contribution in [0.5, 0.6) is 5.75 Å². The zero-order valence-electron chi connectivity index (χ0n) is 6.53. The minimum atomic E-state index is -1.18. The Balaban J connectivity index is 0.00000144. The zero-order valence-corrected chi connectivity index (χ0v) is 6.53. The van der Waals surface area contributed by atoms with Crippen LogP contribution in [0.3, 0.4) is 0 Å². The van der Waals surface area contributed by atoms with Crippen LogP contribution in [0.1, 0.15) is 23.3 Å². The number of rotatable bonds is 1. The molecule has 0 aromatic heterocycles. The Morgan fingerprint density at radius 3 is 2.46 bits per heavy atom. The van der Waals surface area contributed by atoms with Gasteiger partial charge in [0.25, 0.3) is 0 Å². The van der Waals surface area contributed by atoms with E-state index < -0.39 is 5.97 Å². The lowest BCUT2D eigenvalue weighted by Crippen LogP contribution is -2.00. The van der Waals surface area contributed by atoms with Crippen molar-refractivity contribution in [3.63, 3.8) is 0 Å². The van der Waals surface area contributed by atoms with Crippen LogP contribution in [0.15, 0.2) is 12.1 Å². The van der Waals surface area contributed by atoms with Crippen LogP contribution < -0.4 is 5.73 Å². The molecule has 0 aliphatic rings. The van der Waals surface area contributed by atoms with Crippen molar-refractivity contribution in [2.24, 2.45) is 0 Å². The normalized spacial score (nSPS) is 9.00. The molecule has 0 saturated carbocycles. The second-order valence-corrected chi connectivity index (χ2v) is 2.56. The van der Waals surface area contributed by atoms with Gasteiger partial charge in [0.05, 0.1) is 5.69 Å². The third-order valence-electron chi connectivity index (χ3n) is 1.51. The Morgan fingerprint density at radius 2 is 2.00 bits per heavy atom. The Bertz CT molecular complexity index is 334. The second-order valence-electron chi connectivity index (χ2n) is 2.56. The molecule has 72 valence electrons. The maximum absolute atomic E-state index is 10.5. The van der Waals surface area contributed by atoms with Gasteiger partial charge in [-0.25, -0.2) is 4.79 Å². The molecule has 4 N–H and O–H groups in total. The second kappa shape index (κ2) is 3.80. The van der Waals surface area contributed by atoms with Crippen molar-refractivity contribution in [1.82, 2.24) is 0 Å². The summed E-state index contributed by atoms with van der Waals surface area (Å²) < 4.78 is 0. The number of carboxylic acids is 1. The van der Waals surface area contributed by atoms with E-state index in [0.717, 1.165) is 0 Å². The number of carbonyl (C=O) groups is 1. The number of nitrogens with two attached hydrogens (primary N) is 1. The third kappa shape index (κ3) is 2.11. The van der Waals surface area contributed by atoms with Gasteiger partial charge in [0.15, 0.2) is 5.75 Å². The lowest BCUT2D eigenvalue weighted by atomic mass is 10.1. The summed E-state index contributed by atoms with van der Waals surface area (Å²) >= 11 is 0. The highest BCUT2D eigenvalue weighted by molar-refractivity contribution is 5.93. The summed E-state index contributed by atoms with van der Waals surface area (Å²) in [6, 6.07) is 2.88. The molecule has 13 heavy (non-hydrogen) atoms. The SMILES string of the molecule is C.Cc1cc(N)c(O)c(C(=O)O)c1. The minimum Gasteiger partial charge on any atom is -0.505 e. The molecular formula is C9H13NO3. The molecule has 0 bridgehead atoms. The highest BCUT2D eigenvalue weighted by Gasteiger charge is 2.11. The monoisotopic (exact) mass is 183 g/mol. The number of carboxylic acid groups (broad SMARTS) is 1. The van der Waals surface area contributed by atoms with Crippen molar-refractivity contribution >= 4 is 11.7 Å². The van der Waals surface area contributed by atoms with Gasteiger partial charge in [0.1, 0.15) is 5.56 Å². The number of aryl methyl sites for hydroxylation is 1. The van der Waals surface area contributed by atoms with Gasteiger partial charge in [-0.15, -0.1) is 0 Å². The van der Waals surface area contributed by atoms with Crippen LogP contribution >= 0.6 is 0 Å². The lowest BCUT2D eigenvalue weighted by molar-refractivity contribution is 0.0693. The van der Waals surface area contributed by atoms with Crippen molar-refractivity contribution in [1.29, 1.82) is 0 Å². The molecule has 0 aliphatic carbocycles. The first-order chi connectivity index (χ1) is 5.52. The van der Waals surface area contributed by atoms with Crippen molar-refractivity contribution in [2.75, 3.05) is 5.73 Å². The van der Waals surface area contributed by atoms with E-state index in [-0.39, 0.29) is 24.4 Å². The van der Waals surface area contributed by atoms with E-state index in [1.54, 1.807) is 6.92 Å². The predicted octanol–water partition coefficient (Wildman–Crippen LogP) is 1.62. The van der Waals surface area contributed by atoms with Crippen LogP contribution in [0.4, 0.5) is 5.69 Å². The van der Waals surface area contributed by atoms with Gasteiger partial charge in [0.2, 0.25) is 0 Å². The van der Waals surface area contributed by atoms with E-state index in [1.807, 2.05) is 0 Å². The van der Waals surface area contributed by atoms with Gasteiger partial charge in [-0.1, -0.05) is 7.43 Å². The molecule has 0 atom stereocenters. The quantitative estimate of drug-likeness (QED) is 0.456. The van der Waals surface area contributed by atoms with Gasteiger partial charge in [-0.05, 0) is 24.6 Å². The van der Waals surface area contributed by atoms with Crippen LogP contribution in [-0.2, 0) is 0 Å². The molecule has 0 aliphatic heterocycles. The van der Waals surface area contributed by atoms with Crippen molar-refractivity contribution in [3.05, 3.63) is 23.3 Å². The number of hydrogen-bond donors (Lipinski definition) is 3. The largest absolute Gasteiger partial charge is 0.505 e. The molecule has 0 unspecified atom stereocenters. The van der Waals surface area contributed by atoms with Crippen LogP contribution in [0.25, 0.3) is 0 Å². The summed E-state index contributed by atoms with van der Waals surface area (Å²) in [7, 11) is 0. The van der Waals surface area contributed by atoms with Crippen molar-refractivity contribution < 1.29 is 15.0 Å². The Hall–Kier alpha value is -1.71. The predicted molar refractivity (Wildman–Crippen MR) is 50.9 cm³/mol. The topological polar surface area (TPSA) is 83.5 Å². The highest BCUT2D eigenvalue weighted by atomic mass is 16.4. The average Bonchev–Trinajstić information content (AvgIpc) is 1.96. The average molecular weight is 183 g/mol. The van der Waals surface area contributed by atoms with Gasteiger partial charge >= 0.3 is 5.97 Å². The van der Waals surface area contributed by atoms with Crippen molar-refractivity contribution in [3.8, 4) is 5.75 Å². The molecule has 0 spiro atoms. The first-order valence-electron chi connectivity index (χ1n) is 3.34. The summed E-state index contributed by atoms with van der Waals surface area (Å²) in [6.07, 6.45) is 0. The number of aromatic hydroxyl groups is 1. The molecule has 1 aromatic rings. The van der Waals surface area contributed by atoms with E-state index in [4.69, 9.17) is 10.8 Å². The van der Waals surface area contributed by atoms with E-state index in [9.17, 15) is 9.90 Å². The summed E-state index contributed by atoms with van der Waals surface area (Å²) in [5, 5.41) is 17.8. The molecule has 0 radical (unpaired) electrons. The number of aromatic carboxylic acids is 1. The van der Waals surface area contributed by atoms with Crippen molar-refractivity contribution in [2.45, 2.75) is 14.4 Å². The summed E-state index contributed by atoms with van der Waals surface area (Å²) in [6.45, 7) is 1.71. The first kappa shape index (κ1) is 11.3. The molecule has 1 aromatic carbocycles. The summed E-state index contributed by atoms with van der Waals surface area (Å²) in [4.78, 5) is 10.5. The first-order valence-corrected chi connectivity index (χ1v) is 3.34. The fraction of sp³-hybridized carbons (Fsp3) is 0.222. The molecule has 0 fully saturated rings. The zero-order chi connectivity index (χ0) is 9.30. The number of benzene rings is 1. The van der Waals surface area contributed by atoms with Crippen LogP contribution in [-0.4, -0.2) is 16.2 Å². The number of anilines is 1. The summed E-state index contributed by atoms with van der Waals surface area (Å²) in [5.74, 6) is -1.55. The summed E-state index contributed by atoms with van der Waals surface area (Å²) in [5.41, 5.74) is 5.99. The Morgan fingerprint density at radius 1 is 1.46 bits per heavy atom. The van der Waals surface area contributed by atoms with E-state index in [2.05, 4.69) is 0 Å². The van der Waals surface area contributed by atoms with Gasteiger partial charge < -0.3 is 15.9 Å². The highest BCUT2D eigenvalue weighted by Crippen LogP contribution is 2.26. The number of phenols is 1. The van der Waals surface area contributed by atoms with E-state index in [1.165, 1.54) is 12.1 Å². The molecule has 4 nitrogen and oxygen atoms in total. The molecule has 4 heteroatoms. The molecule has 0 amide bonds. The maximum Gasteiger partial charge on any atom is 0.339 e. The van der Waals surface area contributed by atoms with Gasteiger partial charge in [-0.2, -0.15) is 0 Å². The number of hydrogen-bond acceptors (Lipinski definition) is 3. The molecule has 0 saturated heterocycles. The van der Waals surface area contributed by atoms with Gasteiger partial charge in [0, 0.05) is 0 Å². The molecule has 1 rings (SSSR count). The Labute approximate surface area is 76.6 Å². The van der Waals surface area contributed by atoms with Gasteiger partial charge in [-0.3, -0.25) is 0 Å². The third-order valence-corrected chi connectivity index (χ3v) is 1.51. The van der Waals surface area contributed by atoms with E-state index in [0.29, 0.717) is 5.56 Å². The molecular weight excluding hydrogens is 170 g/mol. The fourth-order valence-corrected chi connectivity index (χ4v) is 0.970. The lowest BCUT2D eigenvalue weighted by Gasteiger charge is -2.03. The minimum absolute atomic E-state index is 0. The van der Waals surface area contributed by atoms with Crippen LogP contribution in [0, 0.1) is 6.92 Å². The van der Waals surface area contributed by atoms with E-state index >= 15 is 0 Å². The smallest absolute Gasteiger partial charge is 0.339 e. The standard InChI is InChI=1S/C8H9NO3.CH4/c1-4-2-5(8(11)12)7(10)6(9)3-4;/h2-3,10H,9H2,1H3,(H,11,12);1H4. The Kier molecular flexibility index (Phi) is 3.30. The fourth-order valence-electron chi connectivity index (χ4n) is 0.970.